The molecule has 0 bridgehead atoms. The zero-order valence-corrected chi connectivity index (χ0v) is 12.9. The lowest BCUT2D eigenvalue weighted by Gasteiger charge is -2.21. The number of amides is 1. The minimum absolute atomic E-state index is 0.0711. The molecule has 2 aromatic rings. The molecule has 0 spiro atoms. The van der Waals surface area contributed by atoms with Crippen LogP contribution >= 0.6 is 15.9 Å². The third-order valence-corrected chi connectivity index (χ3v) is 3.70. The van der Waals surface area contributed by atoms with Gasteiger partial charge in [0.2, 0.25) is 0 Å². The molecule has 4 heteroatoms. The number of nitrogens with zero attached hydrogens (tertiary/aromatic N) is 1. The van der Waals surface area contributed by atoms with Gasteiger partial charge in [0.25, 0.3) is 5.91 Å². The molecule has 2 rings (SSSR count). The molecule has 104 valence electrons. The second-order valence-corrected chi connectivity index (χ2v) is 5.34. The van der Waals surface area contributed by atoms with Gasteiger partial charge in [-0.3, -0.25) is 4.79 Å². The molecule has 0 radical (unpaired) electrons. The molecule has 0 N–H and O–H groups in total. The van der Waals surface area contributed by atoms with Crippen LogP contribution in [0.1, 0.15) is 22.8 Å². The summed E-state index contributed by atoms with van der Waals surface area (Å²) in [5.41, 5.74) is 1.95. The average Bonchev–Trinajstić information content (AvgIpc) is 2.44. The summed E-state index contributed by atoms with van der Waals surface area (Å²) in [5.74, 6) is -0.863. The van der Waals surface area contributed by atoms with Gasteiger partial charge in [-0.25, -0.2) is 4.39 Å². The Balaban J connectivity index is 2.39. The topological polar surface area (TPSA) is 20.3 Å². The van der Waals surface area contributed by atoms with Crippen molar-refractivity contribution in [2.24, 2.45) is 0 Å². The highest BCUT2D eigenvalue weighted by molar-refractivity contribution is 9.10. The van der Waals surface area contributed by atoms with Crippen LogP contribution in [0.3, 0.4) is 0 Å². The van der Waals surface area contributed by atoms with Gasteiger partial charge in [-0.05, 0) is 54.0 Å². The van der Waals surface area contributed by atoms with Crippen LogP contribution in [0.5, 0.6) is 0 Å². The van der Waals surface area contributed by atoms with Crippen LogP contribution in [0, 0.1) is 12.7 Å². The van der Waals surface area contributed by atoms with Gasteiger partial charge < -0.3 is 4.90 Å². The highest BCUT2D eigenvalue weighted by atomic mass is 79.9. The highest BCUT2D eigenvalue weighted by Gasteiger charge is 2.20. The van der Waals surface area contributed by atoms with E-state index in [1.54, 1.807) is 17.0 Å². The van der Waals surface area contributed by atoms with Crippen molar-refractivity contribution < 1.29 is 9.18 Å². The predicted molar refractivity (Wildman–Crippen MR) is 82.6 cm³/mol. The fourth-order valence-electron chi connectivity index (χ4n) is 1.98. The first-order valence-electron chi connectivity index (χ1n) is 6.37. The van der Waals surface area contributed by atoms with Gasteiger partial charge in [0, 0.05) is 12.2 Å². The summed E-state index contributed by atoms with van der Waals surface area (Å²) in [6.07, 6.45) is 0. The summed E-state index contributed by atoms with van der Waals surface area (Å²) in [6, 6.07) is 12.3. The Labute approximate surface area is 126 Å². The molecule has 0 aliphatic rings. The van der Waals surface area contributed by atoms with E-state index in [-0.39, 0.29) is 11.5 Å². The molecule has 0 unspecified atom stereocenters. The van der Waals surface area contributed by atoms with E-state index >= 15 is 0 Å². The molecule has 0 saturated carbocycles. The predicted octanol–water partition coefficient (Wildman–Crippen LogP) is 4.56. The number of hydrogen-bond donors (Lipinski definition) is 0. The molecular weight excluding hydrogens is 321 g/mol. The molecule has 2 aromatic carbocycles. The van der Waals surface area contributed by atoms with Crippen LogP contribution in [-0.2, 0) is 0 Å². The fourth-order valence-corrected chi connectivity index (χ4v) is 2.35. The Morgan fingerprint density at radius 2 is 1.85 bits per heavy atom. The first-order chi connectivity index (χ1) is 9.54. The zero-order chi connectivity index (χ0) is 14.7. The van der Waals surface area contributed by atoms with Gasteiger partial charge in [0.1, 0.15) is 5.82 Å². The highest BCUT2D eigenvalue weighted by Crippen LogP contribution is 2.23. The van der Waals surface area contributed by atoms with Crippen molar-refractivity contribution in [3.63, 3.8) is 0 Å². The van der Waals surface area contributed by atoms with Crippen molar-refractivity contribution in [3.05, 3.63) is 63.9 Å². The normalized spacial score (nSPS) is 10.4. The van der Waals surface area contributed by atoms with Crippen LogP contribution in [0.15, 0.2) is 46.9 Å². The van der Waals surface area contributed by atoms with Gasteiger partial charge in [0.05, 0.1) is 10.0 Å². The van der Waals surface area contributed by atoms with Crippen molar-refractivity contribution >= 4 is 27.5 Å². The maximum Gasteiger partial charge on any atom is 0.261 e. The van der Waals surface area contributed by atoms with Crippen molar-refractivity contribution in [1.29, 1.82) is 0 Å². The molecule has 0 saturated heterocycles. The van der Waals surface area contributed by atoms with E-state index in [0.29, 0.717) is 11.0 Å². The summed E-state index contributed by atoms with van der Waals surface area (Å²) in [4.78, 5) is 14.1. The Kier molecular flexibility index (Phi) is 4.55. The Morgan fingerprint density at radius 3 is 2.45 bits per heavy atom. The van der Waals surface area contributed by atoms with Crippen LogP contribution in [0.2, 0.25) is 0 Å². The Hall–Kier alpha value is -1.68. The van der Waals surface area contributed by atoms with E-state index in [1.807, 2.05) is 38.1 Å². The maximum absolute atomic E-state index is 14.0. The third kappa shape index (κ3) is 2.90. The molecule has 0 aliphatic heterocycles. The minimum atomic E-state index is -0.525. The van der Waals surface area contributed by atoms with E-state index < -0.39 is 5.82 Å². The monoisotopic (exact) mass is 335 g/mol. The van der Waals surface area contributed by atoms with E-state index in [0.717, 1.165) is 11.3 Å². The first-order valence-corrected chi connectivity index (χ1v) is 7.16. The lowest BCUT2D eigenvalue weighted by molar-refractivity contribution is 0.0984. The van der Waals surface area contributed by atoms with Crippen LogP contribution in [0.4, 0.5) is 10.1 Å². The molecule has 0 aromatic heterocycles. The second kappa shape index (κ2) is 6.18. The third-order valence-electron chi connectivity index (χ3n) is 3.09. The van der Waals surface area contributed by atoms with E-state index in [1.165, 1.54) is 6.07 Å². The van der Waals surface area contributed by atoms with Crippen LogP contribution < -0.4 is 4.90 Å². The number of aryl methyl sites for hydroxylation is 1. The molecule has 0 atom stereocenters. The molecule has 0 aliphatic carbocycles. The lowest BCUT2D eigenvalue weighted by atomic mass is 10.1. The number of anilines is 1. The summed E-state index contributed by atoms with van der Waals surface area (Å²) >= 11 is 3.11. The molecule has 1 amide bonds. The fraction of sp³-hybridized carbons (Fsp3) is 0.188. The number of carbonyl (C=O) groups excluding carboxylic acids is 1. The van der Waals surface area contributed by atoms with E-state index in [4.69, 9.17) is 0 Å². The SMILES string of the molecule is CCN(C(=O)c1cccc(Br)c1F)c1ccc(C)cc1. The summed E-state index contributed by atoms with van der Waals surface area (Å²) in [5, 5.41) is 0. The standard InChI is InChI=1S/C16H15BrFNO/c1-3-19(12-9-7-11(2)8-10-12)16(20)13-5-4-6-14(17)15(13)18/h4-10H,3H2,1-2H3. The minimum Gasteiger partial charge on any atom is -0.309 e. The van der Waals surface area contributed by atoms with E-state index in [9.17, 15) is 9.18 Å². The van der Waals surface area contributed by atoms with Crippen molar-refractivity contribution in [3.8, 4) is 0 Å². The van der Waals surface area contributed by atoms with Gasteiger partial charge >= 0.3 is 0 Å². The number of hydrogen-bond acceptors (Lipinski definition) is 1. The van der Waals surface area contributed by atoms with E-state index in [2.05, 4.69) is 15.9 Å². The van der Waals surface area contributed by atoms with Crippen molar-refractivity contribution in [2.45, 2.75) is 13.8 Å². The number of benzene rings is 2. The smallest absolute Gasteiger partial charge is 0.261 e. The number of carbonyl (C=O) groups is 1. The van der Waals surface area contributed by atoms with Gasteiger partial charge in [-0.1, -0.05) is 23.8 Å². The zero-order valence-electron chi connectivity index (χ0n) is 11.4. The van der Waals surface area contributed by atoms with Crippen molar-refractivity contribution in [2.75, 3.05) is 11.4 Å². The van der Waals surface area contributed by atoms with Gasteiger partial charge in [-0.2, -0.15) is 0 Å². The van der Waals surface area contributed by atoms with Crippen LogP contribution in [0.25, 0.3) is 0 Å². The molecule has 0 fully saturated rings. The number of halogens is 2. The number of rotatable bonds is 3. The van der Waals surface area contributed by atoms with Gasteiger partial charge in [0.15, 0.2) is 0 Å². The van der Waals surface area contributed by atoms with Crippen molar-refractivity contribution in [1.82, 2.24) is 0 Å². The van der Waals surface area contributed by atoms with Gasteiger partial charge in [-0.15, -0.1) is 0 Å². The summed E-state index contributed by atoms with van der Waals surface area (Å²) in [6.45, 7) is 4.33. The average molecular weight is 336 g/mol. The maximum atomic E-state index is 14.0. The largest absolute Gasteiger partial charge is 0.309 e. The Morgan fingerprint density at radius 1 is 1.20 bits per heavy atom. The quantitative estimate of drug-likeness (QED) is 0.804. The second-order valence-electron chi connectivity index (χ2n) is 4.49. The first kappa shape index (κ1) is 14.7. The lowest BCUT2D eigenvalue weighted by Crippen LogP contribution is -2.31. The summed E-state index contributed by atoms with van der Waals surface area (Å²) < 4.78 is 14.3. The molecule has 20 heavy (non-hydrogen) atoms. The molecular formula is C16H15BrFNO. The summed E-state index contributed by atoms with van der Waals surface area (Å²) in [7, 11) is 0. The van der Waals surface area contributed by atoms with Crippen LogP contribution in [-0.4, -0.2) is 12.5 Å². The molecule has 2 nitrogen and oxygen atoms in total. The molecule has 0 heterocycles. The Bertz CT molecular complexity index is 625.